The van der Waals surface area contributed by atoms with E-state index in [0.717, 1.165) is 26.2 Å². The molecule has 0 saturated carbocycles. The summed E-state index contributed by atoms with van der Waals surface area (Å²) in [5.74, 6) is 5.34. The van der Waals surface area contributed by atoms with E-state index in [1.54, 1.807) is 0 Å². The molecule has 72 valence electrons. The predicted octanol–water partition coefficient (Wildman–Crippen LogP) is -0.441. The summed E-state index contributed by atoms with van der Waals surface area (Å²) in [4.78, 5) is 2.38. The molecule has 0 spiro atoms. The van der Waals surface area contributed by atoms with E-state index in [1.165, 1.54) is 0 Å². The molecule has 0 aromatic carbocycles. The van der Waals surface area contributed by atoms with E-state index in [0.29, 0.717) is 0 Å². The zero-order valence-electron chi connectivity index (χ0n) is 7.92. The lowest BCUT2D eigenvalue weighted by atomic mass is 10.1. The number of likely N-dealkylation sites (N-methyl/N-ethyl adjacent to an activating group) is 1. The summed E-state index contributed by atoms with van der Waals surface area (Å²) >= 11 is 0. The first-order valence-corrected chi connectivity index (χ1v) is 4.58. The fourth-order valence-corrected chi connectivity index (χ4v) is 1.43. The molecule has 0 amide bonds. The summed E-state index contributed by atoms with van der Waals surface area (Å²) in [7, 11) is 0. The van der Waals surface area contributed by atoms with Crippen LogP contribution < -0.4 is 11.3 Å². The summed E-state index contributed by atoms with van der Waals surface area (Å²) < 4.78 is 5.58. The highest BCUT2D eigenvalue weighted by Crippen LogP contribution is 2.07. The Hall–Kier alpha value is -0.160. The van der Waals surface area contributed by atoms with Crippen molar-refractivity contribution in [2.45, 2.75) is 26.0 Å². The van der Waals surface area contributed by atoms with Crippen molar-refractivity contribution in [3.05, 3.63) is 0 Å². The molecule has 1 saturated heterocycles. The fourth-order valence-electron chi connectivity index (χ4n) is 1.43. The number of hydrogen-bond donors (Lipinski definition) is 2. The maximum Gasteiger partial charge on any atom is 0.0866 e. The fraction of sp³-hybridized carbons (Fsp3) is 1.00. The average Bonchev–Trinajstić information content (AvgIpc) is 2.17. The van der Waals surface area contributed by atoms with Gasteiger partial charge < -0.3 is 4.74 Å². The Labute approximate surface area is 74.0 Å². The molecule has 2 atom stereocenters. The number of morpholine rings is 1. The first-order chi connectivity index (χ1) is 5.77. The molecule has 1 heterocycles. The normalized spacial score (nSPS) is 28.8. The molecule has 0 aliphatic carbocycles. The number of hydrogen-bond acceptors (Lipinski definition) is 4. The third kappa shape index (κ3) is 2.42. The molecule has 3 N–H and O–H groups in total. The maximum atomic E-state index is 5.58. The van der Waals surface area contributed by atoms with E-state index in [9.17, 15) is 0 Å². The highest BCUT2D eigenvalue weighted by molar-refractivity contribution is 4.77. The van der Waals surface area contributed by atoms with E-state index in [-0.39, 0.29) is 12.1 Å². The molecule has 2 unspecified atom stereocenters. The molecule has 1 aliphatic rings. The third-order valence-electron chi connectivity index (χ3n) is 2.45. The number of nitrogens with two attached hydrogens (primary N) is 1. The van der Waals surface area contributed by atoms with Crippen LogP contribution in [0.25, 0.3) is 0 Å². The van der Waals surface area contributed by atoms with Crippen molar-refractivity contribution in [3.8, 4) is 0 Å². The highest BCUT2D eigenvalue weighted by Gasteiger charge is 2.23. The maximum absolute atomic E-state index is 5.58. The highest BCUT2D eigenvalue weighted by atomic mass is 16.5. The molecular weight excluding hydrogens is 154 g/mol. The van der Waals surface area contributed by atoms with E-state index in [4.69, 9.17) is 10.6 Å². The van der Waals surface area contributed by atoms with Crippen molar-refractivity contribution in [1.29, 1.82) is 0 Å². The number of nitrogens with one attached hydrogen (secondary N) is 1. The standard InChI is InChI=1S/C8H19N3O/c1-3-11-4-5-12-8(6-11)7(2)10-9/h7-8,10H,3-6,9H2,1-2H3. The van der Waals surface area contributed by atoms with Gasteiger partial charge in [0.15, 0.2) is 0 Å². The lowest BCUT2D eigenvalue weighted by molar-refractivity contribution is -0.0417. The first kappa shape index (κ1) is 9.92. The van der Waals surface area contributed by atoms with Crippen LogP contribution in [-0.2, 0) is 4.74 Å². The van der Waals surface area contributed by atoms with Gasteiger partial charge in [0.25, 0.3) is 0 Å². The Morgan fingerprint density at radius 2 is 2.50 bits per heavy atom. The minimum atomic E-state index is 0.236. The molecule has 0 bridgehead atoms. The molecule has 0 aromatic heterocycles. The van der Waals surface area contributed by atoms with E-state index < -0.39 is 0 Å². The lowest BCUT2D eigenvalue weighted by Gasteiger charge is -2.34. The largest absolute Gasteiger partial charge is 0.374 e. The predicted molar refractivity (Wildman–Crippen MR) is 48.6 cm³/mol. The van der Waals surface area contributed by atoms with Crippen LogP contribution in [0, 0.1) is 0 Å². The monoisotopic (exact) mass is 173 g/mol. The van der Waals surface area contributed by atoms with Gasteiger partial charge in [-0.3, -0.25) is 16.2 Å². The van der Waals surface area contributed by atoms with Gasteiger partial charge in [-0.2, -0.15) is 0 Å². The van der Waals surface area contributed by atoms with Crippen LogP contribution in [0.4, 0.5) is 0 Å². The number of ether oxygens (including phenoxy) is 1. The van der Waals surface area contributed by atoms with Crippen LogP contribution in [0.3, 0.4) is 0 Å². The van der Waals surface area contributed by atoms with Crippen molar-refractivity contribution < 1.29 is 4.74 Å². The molecule has 4 heteroatoms. The van der Waals surface area contributed by atoms with E-state index in [2.05, 4.69) is 17.2 Å². The average molecular weight is 173 g/mol. The second-order valence-corrected chi connectivity index (χ2v) is 3.26. The van der Waals surface area contributed by atoms with Crippen molar-refractivity contribution in [1.82, 2.24) is 10.3 Å². The smallest absolute Gasteiger partial charge is 0.0866 e. The quantitative estimate of drug-likeness (QED) is 0.449. The number of hydrazine groups is 1. The molecule has 4 nitrogen and oxygen atoms in total. The van der Waals surface area contributed by atoms with Crippen molar-refractivity contribution in [2.24, 2.45) is 5.84 Å². The summed E-state index contributed by atoms with van der Waals surface area (Å²) in [6.07, 6.45) is 0.240. The Morgan fingerprint density at radius 1 is 1.75 bits per heavy atom. The van der Waals surface area contributed by atoms with Crippen molar-refractivity contribution in [3.63, 3.8) is 0 Å². The van der Waals surface area contributed by atoms with Gasteiger partial charge >= 0.3 is 0 Å². The topological polar surface area (TPSA) is 50.5 Å². The Morgan fingerprint density at radius 3 is 3.08 bits per heavy atom. The SMILES string of the molecule is CCN1CCOC(C(C)NN)C1. The van der Waals surface area contributed by atoms with Crippen LogP contribution in [0.2, 0.25) is 0 Å². The summed E-state index contributed by atoms with van der Waals surface area (Å²) in [6.45, 7) is 8.17. The van der Waals surface area contributed by atoms with Gasteiger partial charge in [-0.05, 0) is 13.5 Å². The van der Waals surface area contributed by atoms with Gasteiger partial charge in [-0.15, -0.1) is 0 Å². The van der Waals surface area contributed by atoms with Crippen molar-refractivity contribution >= 4 is 0 Å². The van der Waals surface area contributed by atoms with Crippen LogP contribution in [0.15, 0.2) is 0 Å². The molecule has 0 aromatic rings. The van der Waals surface area contributed by atoms with Gasteiger partial charge in [-0.1, -0.05) is 6.92 Å². The lowest BCUT2D eigenvalue weighted by Crippen LogP contribution is -2.52. The molecule has 12 heavy (non-hydrogen) atoms. The van der Waals surface area contributed by atoms with Gasteiger partial charge in [-0.25, -0.2) is 0 Å². The minimum Gasteiger partial charge on any atom is -0.374 e. The number of nitrogens with zero attached hydrogens (tertiary/aromatic N) is 1. The van der Waals surface area contributed by atoms with Gasteiger partial charge in [0.05, 0.1) is 12.7 Å². The minimum absolute atomic E-state index is 0.236. The second-order valence-electron chi connectivity index (χ2n) is 3.26. The Balaban J connectivity index is 2.34. The third-order valence-corrected chi connectivity index (χ3v) is 2.45. The Bertz CT molecular complexity index is 129. The first-order valence-electron chi connectivity index (χ1n) is 4.58. The van der Waals surface area contributed by atoms with Gasteiger partial charge in [0.1, 0.15) is 0 Å². The molecule has 1 rings (SSSR count). The van der Waals surface area contributed by atoms with E-state index >= 15 is 0 Å². The number of rotatable bonds is 3. The van der Waals surface area contributed by atoms with Crippen molar-refractivity contribution in [2.75, 3.05) is 26.2 Å². The molecule has 1 aliphatic heterocycles. The van der Waals surface area contributed by atoms with Gasteiger partial charge in [0, 0.05) is 19.1 Å². The summed E-state index contributed by atoms with van der Waals surface area (Å²) in [5, 5.41) is 0. The summed E-state index contributed by atoms with van der Waals surface area (Å²) in [6, 6.07) is 0.236. The second kappa shape index (κ2) is 4.77. The van der Waals surface area contributed by atoms with Crippen LogP contribution in [0.5, 0.6) is 0 Å². The zero-order chi connectivity index (χ0) is 8.97. The van der Waals surface area contributed by atoms with E-state index in [1.807, 2.05) is 6.92 Å². The van der Waals surface area contributed by atoms with Crippen LogP contribution >= 0.6 is 0 Å². The van der Waals surface area contributed by atoms with Crippen LogP contribution in [0.1, 0.15) is 13.8 Å². The molecular formula is C8H19N3O. The molecule has 1 fully saturated rings. The molecule has 0 radical (unpaired) electrons. The van der Waals surface area contributed by atoms with Crippen LogP contribution in [-0.4, -0.2) is 43.3 Å². The summed E-state index contributed by atoms with van der Waals surface area (Å²) in [5.41, 5.74) is 2.73. The zero-order valence-corrected chi connectivity index (χ0v) is 7.92. The Kier molecular flexibility index (Phi) is 3.94. The van der Waals surface area contributed by atoms with Gasteiger partial charge in [0.2, 0.25) is 0 Å².